The molecule has 0 aromatic heterocycles. The molecule has 0 heterocycles. The summed E-state index contributed by atoms with van der Waals surface area (Å²) in [6, 6.07) is 0. The SMILES string of the molecule is CCCCCCCC[CH]C(=O)OC(C)C1CCCC1. The zero-order valence-corrected chi connectivity index (χ0v) is 12.8. The number of carbonyl (C=O) groups is 1. The fourth-order valence-corrected chi connectivity index (χ4v) is 2.90. The first-order valence-electron chi connectivity index (χ1n) is 8.28. The van der Waals surface area contributed by atoms with Gasteiger partial charge in [0, 0.05) is 0 Å². The Balaban J connectivity index is 1.95. The van der Waals surface area contributed by atoms with E-state index in [2.05, 4.69) is 6.92 Å². The van der Waals surface area contributed by atoms with Crippen molar-refractivity contribution in [2.45, 2.75) is 90.6 Å². The third kappa shape index (κ3) is 7.59. The molecule has 1 aliphatic carbocycles. The third-order valence-electron chi connectivity index (χ3n) is 4.23. The Labute approximate surface area is 119 Å². The van der Waals surface area contributed by atoms with Gasteiger partial charge in [0.25, 0.3) is 0 Å². The normalized spacial score (nSPS) is 17.6. The summed E-state index contributed by atoms with van der Waals surface area (Å²) in [5.41, 5.74) is 0. The third-order valence-corrected chi connectivity index (χ3v) is 4.23. The summed E-state index contributed by atoms with van der Waals surface area (Å²) in [4.78, 5) is 11.7. The lowest BCUT2D eigenvalue weighted by atomic mass is 10.0. The van der Waals surface area contributed by atoms with Gasteiger partial charge in [-0.3, -0.25) is 4.79 Å². The molecule has 1 atom stereocenters. The molecule has 1 saturated carbocycles. The average molecular weight is 267 g/mol. The molecule has 1 rings (SSSR count). The summed E-state index contributed by atoms with van der Waals surface area (Å²) < 4.78 is 5.48. The van der Waals surface area contributed by atoms with E-state index < -0.39 is 0 Å². The maximum Gasteiger partial charge on any atom is 0.310 e. The van der Waals surface area contributed by atoms with Crippen LogP contribution in [0.25, 0.3) is 0 Å². The van der Waals surface area contributed by atoms with Crippen LogP contribution in [0.15, 0.2) is 0 Å². The number of hydrogen-bond donors (Lipinski definition) is 0. The molecular weight excluding hydrogens is 236 g/mol. The van der Waals surface area contributed by atoms with Gasteiger partial charge in [-0.1, -0.05) is 58.3 Å². The molecular formula is C17H31O2. The molecule has 1 fully saturated rings. The van der Waals surface area contributed by atoms with Crippen LogP contribution >= 0.6 is 0 Å². The van der Waals surface area contributed by atoms with Crippen LogP contribution < -0.4 is 0 Å². The fraction of sp³-hybridized carbons (Fsp3) is 0.882. The minimum Gasteiger partial charge on any atom is -0.462 e. The molecule has 19 heavy (non-hydrogen) atoms. The molecule has 1 unspecified atom stereocenters. The van der Waals surface area contributed by atoms with Crippen LogP contribution in [0.5, 0.6) is 0 Å². The number of carbonyl (C=O) groups excluding carboxylic acids is 1. The first kappa shape index (κ1) is 16.5. The van der Waals surface area contributed by atoms with Crippen LogP contribution in [0.4, 0.5) is 0 Å². The average Bonchev–Trinajstić information content (AvgIpc) is 2.91. The Morgan fingerprint density at radius 3 is 2.47 bits per heavy atom. The van der Waals surface area contributed by atoms with Gasteiger partial charge in [0.1, 0.15) is 6.10 Å². The number of esters is 1. The zero-order chi connectivity index (χ0) is 13.9. The molecule has 0 aromatic carbocycles. The molecule has 0 amide bonds. The van der Waals surface area contributed by atoms with Gasteiger partial charge < -0.3 is 4.74 Å². The highest BCUT2D eigenvalue weighted by Gasteiger charge is 2.24. The molecule has 2 heteroatoms. The van der Waals surface area contributed by atoms with Gasteiger partial charge in [-0.25, -0.2) is 0 Å². The Morgan fingerprint density at radius 1 is 1.16 bits per heavy atom. The minimum atomic E-state index is -0.104. The quantitative estimate of drug-likeness (QED) is 0.408. The van der Waals surface area contributed by atoms with Crippen molar-refractivity contribution in [1.29, 1.82) is 0 Å². The molecule has 0 saturated heterocycles. The van der Waals surface area contributed by atoms with E-state index in [1.807, 2.05) is 6.92 Å². The monoisotopic (exact) mass is 267 g/mol. The van der Waals surface area contributed by atoms with Gasteiger partial charge >= 0.3 is 5.97 Å². The van der Waals surface area contributed by atoms with E-state index in [9.17, 15) is 4.79 Å². The lowest BCUT2D eigenvalue weighted by Gasteiger charge is -2.19. The minimum absolute atomic E-state index is 0.104. The highest BCUT2D eigenvalue weighted by Crippen LogP contribution is 2.29. The molecule has 111 valence electrons. The Kier molecular flexibility index (Phi) is 8.94. The van der Waals surface area contributed by atoms with Crippen LogP contribution in [0.3, 0.4) is 0 Å². The second-order valence-electron chi connectivity index (χ2n) is 5.95. The highest BCUT2D eigenvalue weighted by molar-refractivity contribution is 5.78. The van der Waals surface area contributed by atoms with Gasteiger partial charge in [0.05, 0.1) is 6.42 Å². The Hall–Kier alpha value is -0.530. The van der Waals surface area contributed by atoms with Crippen LogP contribution in [0.2, 0.25) is 0 Å². The maximum absolute atomic E-state index is 11.7. The molecule has 0 aromatic rings. The van der Waals surface area contributed by atoms with Crippen molar-refractivity contribution < 1.29 is 9.53 Å². The van der Waals surface area contributed by atoms with Gasteiger partial charge in [-0.15, -0.1) is 0 Å². The molecule has 2 nitrogen and oxygen atoms in total. The topological polar surface area (TPSA) is 26.3 Å². The van der Waals surface area contributed by atoms with Crippen molar-refractivity contribution in [2.75, 3.05) is 0 Å². The van der Waals surface area contributed by atoms with E-state index in [0.717, 1.165) is 12.8 Å². The van der Waals surface area contributed by atoms with Crippen molar-refractivity contribution in [3.05, 3.63) is 6.42 Å². The van der Waals surface area contributed by atoms with Gasteiger partial charge in [-0.05, 0) is 32.1 Å². The summed E-state index contributed by atoms with van der Waals surface area (Å²) in [5.74, 6) is 0.499. The molecule has 0 bridgehead atoms. The van der Waals surface area contributed by atoms with Crippen molar-refractivity contribution in [2.24, 2.45) is 5.92 Å². The number of ether oxygens (including phenoxy) is 1. The smallest absolute Gasteiger partial charge is 0.310 e. The lowest BCUT2D eigenvalue weighted by Crippen LogP contribution is -2.22. The van der Waals surface area contributed by atoms with Crippen LogP contribution in [-0.4, -0.2) is 12.1 Å². The maximum atomic E-state index is 11.7. The molecule has 0 aliphatic heterocycles. The summed E-state index contributed by atoms with van der Waals surface area (Å²) >= 11 is 0. The van der Waals surface area contributed by atoms with Crippen molar-refractivity contribution in [3.63, 3.8) is 0 Å². The Bertz CT molecular complexity index is 231. The molecule has 0 N–H and O–H groups in total. The second kappa shape index (κ2) is 10.3. The zero-order valence-electron chi connectivity index (χ0n) is 12.8. The fourth-order valence-electron chi connectivity index (χ4n) is 2.90. The number of rotatable bonds is 10. The van der Waals surface area contributed by atoms with Gasteiger partial charge in [0.2, 0.25) is 0 Å². The summed E-state index contributed by atoms with van der Waals surface area (Å²) in [5, 5.41) is 0. The predicted molar refractivity (Wildman–Crippen MR) is 79.8 cm³/mol. The second-order valence-corrected chi connectivity index (χ2v) is 5.95. The molecule has 0 spiro atoms. The summed E-state index contributed by atoms with van der Waals surface area (Å²) in [6.07, 6.45) is 15.4. The van der Waals surface area contributed by atoms with E-state index in [1.54, 1.807) is 6.42 Å². The van der Waals surface area contributed by atoms with Crippen molar-refractivity contribution in [3.8, 4) is 0 Å². The number of hydrogen-bond acceptors (Lipinski definition) is 2. The van der Waals surface area contributed by atoms with Gasteiger partial charge in [-0.2, -0.15) is 0 Å². The van der Waals surface area contributed by atoms with Crippen molar-refractivity contribution in [1.82, 2.24) is 0 Å². The van der Waals surface area contributed by atoms with Crippen molar-refractivity contribution >= 4 is 5.97 Å². The summed E-state index contributed by atoms with van der Waals surface area (Å²) in [6.45, 7) is 4.28. The standard InChI is InChI=1S/C17H31O2/c1-3-4-5-6-7-8-9-14-17(18)19-15(2)16-12-10-11-13-16/h14-16H,3-13H2,1-2H3. The predicted octanol–water partition coefficient (Wildman–Crippen LogP) is 5.06. The summed E-state index contributed by atoms with van der Waals surface area (Å²) in [7, 11) is 0. The number of unbranched alkanes of at least 4 members (excludes halogenated alkanes) is 6. The van der Waals surface area contributed by atoms with Crippen LogP contribution in [0.1, 0.15) is 84.5 Å². The molecule has 1 aliphatic rings. The van der Waals surface area contributed by atoms with E-state index in [4.69, 9.17) is 4.74 Å². The largest absolute Gasteiger partial charge is 0.462 e. The van der Waals surface area contributed by atoms with E-state index in [-0.39, 0.29) is 12.1 Å². The van der Waals surface area contributed by atoms with Crippen LogP contribution in [-0.2, 0) is 9.53 Å². The van der Waals surface area contributed by atoms with E-state index in [0.29, 0.717) is 5.92 Å². The van der Waals surface area contributed by atoms with E-state index in [1.165, 1.54) is 57.8 Å². The highest BCUT2D eigenvalue weighted by atomic mass is 16.5. The van der Waals surface area contributed by atoms with E-state index >= 15 is 0 Å². The first-order chi connectivity index (χ1) is 9.24. The molecule has 1 radical (unpaired) electrons. The van der Waals surface area contributed by atoms with Gasteiger partial charge in [0.15, 0.2) is 0 Å². The lowest BCUT2D eigenvalue weighted by molar-refractivity contribution is -0.146. The first-order valence-corrected chi connectivity index (χ1v) is 8.28. The Morgan fingerprint density at radius 2 is 1.79 bits per heavy atom. The van der Waals surface area contributed by atoms with Crippen LogP contribution in [0, 0.1) is 12.3 Å².